The van der Waals surface area contributed by atoms with Gasteiger partial charge >= 0.3 is 5.97 Å². The van der Waals surface area contributed by atoms with E-state index in [9.17, 15) is 24.1 Å². The number of esters is 1. The third-order valence-corrected chi connectivity index (χ3v) is 5.08. The third kappa shape index (κ3) is 5.22. The van der Waals surface area contributed by atoms with Crippen LogP contribution in [0.4, 0.5) is 15.8 Å². The van der Waals surface area contributed by atoms with Gasteiger partial charge in [0.25, 0.3) is 11.6 Å². The number of amides is 1. The molecule has 0 aliphatic carbocycles. The lowest BCUT2D eigenvalue weighted by molar-refractivity contribution is -0.383. The molecule has 1 heterocycles. The maximum absolute atomic E-state index is 13.3. The molecular weight excluding hydrogens is 457 g/mol. The number of pyridine rings is 1. The second kappa shape index (κ2) is 9.96. The highest BCUT2D eigenvalue weighted by Gasteiger charge is 2.20. The van der Waals surface area contributed by atoms with E-state index in [2.05, 4.69) is 10.3 Å². The third-order valence-electron chi connectivity index (χ3n) is 5.08. The summed E-state index contributed by atoms with van der Waals surface area (Å²) in [5, 5.41) is 14.1. The summed E-state index contributed by atoms with van der Waals surface area (Å²) in [5.41, 5.74) is 1.26. The molecule has 4 rings (SSSR count). The quantitative estimate of drug-likeness (QED) is 0.233. The fourth-order valence-electron chi connectivity index (χ4n) is 3.41. The molecule has 4 aromatic rings. The molecule has 3 aromatic carbocycles. The maximum Gasteiger partial charge on any atom is 0.339 e. The van der Waals surface area contributed by atoms with Gasteiger partial charge in [0.05, 0.1) is 28.8 Å². The molecule has 9 nitrogen and oxygen atoms in total. The zero-order chi connectivity index (χ0) is 24.9. The molecular formula is C25H18FN3O6. The number of fused-ring (bicyclic) bond motifs is 1. The van der Waals surface area contributed by atoms with E-state index >= 15 is 0 Å². The second-order valence-corrected chi connectivity index (χ2v) is 7.34. The number of methoxy groups -OCH3 is 1. The second-order valence-electron chi connectivity index (χ2n) is 7.34. The zero-order valence-corrected chi connectivity index (χ0v) is 18.4. The van der Waals surface area contributed by atoms with Gasteiger partial charge in [0.2, 0.25) is 0 Å². The monoisotopic (exact) mass is 475 g/mol. The molecule has 0 radical (unpaired) electrons. The molecule has 0 aliphatic heterocycles. The number of halogens is 1. The first-order valence-electron chi connectivity index (χ1n) is 10.3. The van der Waals surface area contributed by atoms with Gasteiger partial charge in [-0.05, 0) is 42.5 Å². The first kappa shape index (κ1) is 23.3. The summed E-state index contributed by atoms with van der Waals surface area (Å²) in [6, 6.07) is 17.9. The summed E-state index contributed by atoms with van der Waals surface area (Å²) in [6.07, 6.45) is 0. The summed E-state index contributed by atoms with van der Waals surface area (Å²) in [7, 11) is 1.38. The maximum atomic E-state index is 13.3. The predicted molar refractivity (Wildman–Crippen MR) is 126 cm³/mol. The molecule has 0 unspecified atom stereocenters. The highest BCUT2D eigenvalue weighted by atomic mass is 19.1. The van der Waals surface area contributed by atoms with Gasteiger partial charge < -0.3 is 14.8 Å². The number of aromatic nitrogens is 1. The van der Waals surface area contributed by atoms with E-state index in [1.54, 1.807) is 24.3 Å². The first-order chi connectivity index (χ1) is 16.9. The average molecular weight is 475 g/mol. The van der Waals surface area contributed by atoms with Crippen molar-refractivity contribution in [2.24, 2.45) is 0 Å². The Morgan fingerprint density at radius 2 is 1.80 bits per heavy atom. The van der Waals surface area contributed by atoms with Gasteiger partial charge in [0.1, 0.15) is 17.3 Å². The number of hydrogen-bond donors (Lipinski definition) is 1. The van der Waals surface area contributed by atoms with Crippen LogP contribution >= 0.6 is 0 Å². The lowest BCUT2D eigenvalue weighted by Crippen LogP contribution is -2.21. The van der Waals surface area contributed by atoms with E-state index in [1.807, 2.05) is 0 Å². The van der Waals surface area contributed by atoms with Crippen molar-refractivity contribution in [3.05, 3.63) is 94.3 Å². The van der Waals surface area contributed by atoms with Crippen LogP contribution in [0.1, 0.15) is 10.4 Å². The number of ether oxygens (including phenoxy) is 2. The van der Waals surface area contributed by atoms with Gasteiger partial charge in [-0.25, -0.2) is 14.2 Å². The Hall–Kier alpha value is -4.86. The van der Waals surface area contributed by atoms with Crippen LogP contribution in [0.2, 0.25) is 0 Å². The van der Waals surface area contributed by atoms with Crippen molar-refractivity contribution in [1.82, 2.24) is 4.98 Å². The zero-order valence-electron chi connectivity index (χ0n) is 18.4. The van der Waals surface area contributed by atoms with Crippen molar-refractivity contribution >= 4 is 34.2 Å². The number of hydrogen-bond acceptors (Lipinski definition) is 7. The van der Waals surface area contributed by atoms with Crippen LogP contribution < -0.4 is 10.1 Å². The molecule has 176 valence electrons. The number of nitrogens with one attached hydrogen (secondary N) is 1. The molecule has 35 heavy (non-hydrogen) atoms. The van der Waals surface area contributed by atoms with Crippen LogP contribution in [-0.2, 0) is 9.53 Å². The average Bonchev–Trinajstić information content (AvgIpc) is 2.86. The molecule has 0 bridgehead atoms. The number of nitro groups is 1. The van der Waals surface area contributed by atoms with E-state index in [0.717, 1.165) is 0 Å². The van der Waals surface area contributed by atoms with E-state index in [0.29, 0.717) is 27.9 Å². The van der Waals surface area contributed by atoms with Crippen molar-refractivity contribution in [2.75, 3.05) is 19.0 Å². The molecule has 0 saturated heterocycles. The van der Waals surface area contributed by atoms with Crippen LogP contribution in [0, 0.1) is 15.9 Å². The largest absolute Gasteiger partial charge is 0.497 e. The van der Waals surface area contributed by atoms with Gasteiger partial charge in [0, 0.05) is 23.1 Å². The van der Waals surface area contributed by atoms with Crippen LogP contribution in [0.15, 0.2) is 72.8 Å². The number of benzene rings is 3. The standard InChI is InChI=1S/C25H18FN3O6/c1-34-17-10-11-23(29(32)33)22(12-17)28-24(30)14-35-25(31)19-13-21(15-6-8-16(26)9-7-15)27-20-5-3-2-4-18(19)20/h2-13H,14H2,1H3,(H,28,30). The van der Waals surface area contributed by atoms with Crippen molar-refractivity contribution < 1.29 is 28.4 Å². The number of carbonyl (C=O) groups is 2. The van der Waals surface area contributed by atoms with Crippen LogP contribution in [-0.4, -0.2) is 35.5 Å². The van der Waals surface area contributed by atoms with Gasteiger partial charge in [0.15, 0.2) is 6.61 Å². The summed E-state index contributed by atoms with van der Waals surface area (Å²) in [6.45, 7) is -0.685. The Morgan fingerprint density at radius 1 is 1.06 bits per heavy atom. The molecule has 0 fully saturated rings. The summed E-state index contributed by atoms with van der Waals surface area (Å²) in [4.78, 5) is 40.4. The minimum atomic E-state index is -0.790. The predicted octanol–water partition coefficient (Wildman–Crippen LogP) is 4.75. The number of nitro benzene ring substituents is 1. The molecule has 0 saturated carbocycles. The molecule has 0 spiro atoms. The van der Waals surface area contributed by atoms with E-state index in [1.165, 1.54) is 55.6 Å². The molecule has 10 heteroatoms. The highest BCUT2D eigenvalue weighted by Crippen LogP contribution is 2.29. The van der Waals surface area contributed by atoms with E-state index < -0.39 is 29.2 Å². The fraction of sp³-hybridized carbons (Fsp3) is 0.0800. The molecule has 1 amide bonds. The Bertz CT molecular complexity index is 1440. The molecule has 0 atom stereocenters. The summed E-state index contributed by atoms with van der Waals surface area (Å²) >= 11 is 0. The topological polar surface area (TPSA) is 121 Å². The lowest BCUT2D eigenvalue weighted by atomic mass is 10.0. The molecule has 0 aliphatic rings. The number of para-hydroxylation sites is 1. The SMILES string of the molecule is COc1ccc([N+](=O)[O-])c(NC(=O)COC(=O)c2cc(-c3ccc(F)cc3)nc3ccccc23)c1. The number of rotatable bonds is 7. The Balaban J connectivity index is 1.56. The highest BCUT2D eigenvalue weighted by molar-refractivity contribution is 6.05. The van der Waals surface area contributed by atoms with Crippen molar-refractivity contribution in [3.63, 3.8) is 0 Å². The molecule has 1 aromatic heterocycles. The smallest absolute Gasteiger partial charge is 0.339 e. The van der Waals surface area contributed by atoms with E-state index in [-0.39, 0.29) is 16.9 Å². The van der Waals surface area contributed by atoms with Crippen molar-refractivity contribution in [1.29, 1.82) is 0 Å². The van der Waals surface area contributed by atoms with Crippen LogP contribution in [0.25, 0.3) is 22.2 Å². The van der Waals surface area contributed by atoms with Gasteiger partial charge in [-0.2, -0.15) is 0 Å². The number of nitrogens with zero attached hydrogens (tertiary/aromatic N) is 2. The Morgan fingerprint density at radius 3 is 2.51 bits per heavy atom. The Kier molecular flexibility index (Phi) is 6.63. The van der Waals surface area contributed by atoms with Crippen molar-refractivity contribution in [3.8, 4) is 17.0 Å². The number of carbonyl (C=O) groups excluding carboxylic acids is 2. The van der Waals surface area contributed by atoms with Crippen LogP contribution in [0.5, 0.6) is 5.75 Å². The lowest BCUT2D eigenvalue weighted by Gasteiger charge is -2.11. The van der Waals surface area contributed by atoms with E-state index in [4.69, 9.17) is 9.47 Å². The molecule has 1 N–H and O–H groups in total. The summed E-state index contributed by atoms with van der Waals surface area (Å²) < 4.78 is 23.6. The Labute approximate surface area is 198 Å². The van der Waals surface area contributed by atoms with Crippen molar-refractivity contribution in [2.45, 2.75) is 0 Å². The minimum Gasteiger partial charge on any atom is -0.497 e. The fourth-order valence-corrected chi connectivity index (χ4v) is 3.41. The van der Waals surface area contributed by atoms with Gasteiger partial charge in [-0.3, -0.25) is 14.9 Å². The first-order valence-corrected chi connectivity index (χ1v) is 10.3. The van der Waals surface area contributed by atoms with Gasteiger partial charge in [-0.15, -0.1) is 0 Å². The van der Waals surface area contributed by atoms with Gasteiger partial charge in [-0.1, -0.05) is 18.2 Å². The number of anilines is 1. The van der Waals surface area contributed by atoms with Crippen LogP contribution in [0.3, 0.4) is 0 Å². The summed E-state index contributed by atoms with van der Waals surface area (Å²) in [5.74, 6) is -1.66. The minimum absolute atomic E-state index is 0.0941. The normalized spacial score (nSPS) is 10.6.